The van der Waals surface area contributed by atoms with Crippen molar-refractivity contribution in [3.05, 3.63) is 28.3 Å². The molecule has 2 atom stereocenters. The van der Waals surface area contributed by atoms with Crippen LogP contribution < -0.4 is 10.5 Å². The van der Waals surface area contributed by atoms with Crippen LogP contribution in [0.1, 0.15) is 68.2 Å². The SMILES string of the molecule is CCCCCCC1(C)C=C(C(Br)C(N)=O)c2c(C)c(O)c(C)c(C)c2O1. The average molecular weight is 424 g/mol. The van der Waals surface area contributed by atoms with Crippen molar-refractivity contribution in [1.29, 1.82) is 0 Å². The molecule has 3 N–H and O–H groups in total. The third-order valence-corrected chi connectivity index (χ3v) is 6.29. The Labute approximate surface area is 164 Å². The first kappa shape index (κ1) is 20.8. The monoisotopic (exact) mass is 423 g/mol. The number of hydrogen-bond acceptors (Lipinski definition) is 3. The van der Waals surface area contributed by atoms with E-state index >= 15 is 0 Å². The molecule has 0 saturated heterocycles. The summed E-state index contributed by atoms with van der Waals surface area (Å²) in [5, 5.41) is 10.5. The zero-order valence-corrected chi connectivity index (χ0v) is 18.0. The van der Waals surface area contributed by atoms with Crippen LogP contribution in [-0.4, -0.2) is 21.4 Å². The van der Waals surface area contributed by atoms with Crippen molar-refractivity contribution in [2.24, 2.45) is 5.73 Å². The summed E-state index contributed by atoms with van der Waals surface area (Å²) >= 11 is 3.44. The van der Waals surface area contributed by atoms with E-state index in [1.807, 2.05) is 26.8 Å². The molecular weight excluding hydrogens is 394 g/mol. The van der Waals surface area contributed by atoms with Gasteiger partial charge in [0.15, 0.2) is 0 Å². The highest BCUT2D eigenvalue weighted by Crippen LogP contribution is 2.48. The number of benzene rings is 1. The molecule has 0 saturated carbocycles. The van der Waals surface area contributed by atoms with Crippen LogP contribution in [0.25, 0.3) is 5.57 Å². The maximum atomic E-state index is 11.9. The van der Waals surface area contributed by atoms with Crippen molar-refractivity contribution in [1.82, 2.24) is 0 Å². The van der Waals surface area contributed by atoms with Gasteiger partial charge in [0.2, 0.25) is 5.91 Å². The Balaban J connectivity index is 2.56. The van der Waals surface area contributed by atoms with Crippen molar-refractivity contribution in [3.8, 4) is 11.5 Å². The molecule has 0 aliphatic carbocycles. The Bertz CT molecular complexity index is 742. The Kier molecular flexibility index (Phi) is 6.43. The molecule has 2 rings (SSSR count). The number of amides is 1. The van der Waals surface area contributed by atoms with E-state index in [-0.39, 0.29) is 5.75 Å². The number of phenolic OH excluding ortho intramolecular Hbond substituents is 1. The van der Waals surface area contributed by atoms with Crippen molar-refractivity contribution in [3.63, 3.8) is 0 Å². The fourth-order valence-corrected chi connectivity index (χ4v) is 3.98. The van der Waals surface area contributed by atoms with Gasteiger partial charge in [-0.15, -0.1) is 0 Å². The fourth-order valence-electron chi connectivity index (χ4n) is 3.62. The van der Waals surface area contributed by atoms with Gasteiger partial charge in [0.05, 0.1) is 0 Å². The number of ether oxygens (including phenoxy) is 1. The lowest BCUT2D eigenvalue weighted by Gasteiger charge is -2.37. The lowest BCUT2D eigenvalue weighted by molar-refractivity contribution is -0.116. The number of nitrogens with two attached hydrogens (primary N) is 1. The molecule has 0 radical (unpaired) electrons. The smallest absolute Gasteiger partial charge is 0.235 e. The third kappa shape index (κ3) is 3.93. The molecule has 1 amide bonds. The predicted octanol–water partition coefficient (Wildman–Crippen LogP) is 5.07. The van der Waals surface area contributed by atoms with Crippen molar-refractivity contribution < 1.29 is 14.6 Å². The van der Waals surface area contributed by atoms with Gasteiger partial charge in [-0.3, -0.25) is 4.79 Å². The zero-order valence-electron chi connectivity index (χ0n) is 16.4. The summed E-state index contributed by atoms with van der Waals surface area (Å²) in [6, 6.07) is 0. The van der Waals surface area contributed by atoms with Crippen LogP contribution in [0.2, 0.25) is 0 Å². The first-order valence-corrected chi connectivity index (χ1v) is 10.2. The number of rotatable bonds is 7. The van der Waals surface area contributed by atoms with E-state index < -0.39 is 16.3 Å². The Hall–Kier alpha value is -1.49. The number of primary amides is 1. The highest BCUT2D eigenvalue weighted by Gasteiger charge is 2.37. The fraction of sp³-hybridized carbons (Fsp3) is 0.571. The summed E-state index contributed by atoms with van der Waals surface area (Å²) in [5.41, 5.74) is 9.06. The number of carbonyl (C=O) groups excluding carboxylic acids is 1. The Morgan fingerprint density at radius 2 is 1.88 bits per heavy atom. The van der Waals surface area contributed by atoms with Crippen LogP contribution in [-0.2, 0) is 4.79 Å². The number of fused-ring (bicyclic) bond motifs is 1. The van der Waals surface area contributed by atoms with Crippen LogP contribution in [0.5, 0.6) is 11.5 Å². The number of hydrogen-bond donors (Lipinski definition) is 2. The van der Waals surface area contributed by atoms with E-state index in [2.05, 4.69) is 29.8 Å². The second-order valence-electron chi connectivity index (χ2n) is 7.52. The van der Waals surface area contributed by atoms with E-state index in [9.17, 15) is 9.90 Å². The van der Waals surface area contributed by atoms with Gasteiger partial charge >= 0.3 is 0 Å². The largest absolute Gasteiger partial charge is 0.507 e. The summed E-state index contributed by atoms with van der Waals surface area (Å²) in [5.74, 6) is 0.542. The van der Waals surface area contributed by atoms with Gasteiger partial charge in [-0.1, -0.05) is 42.1 Å². The first-order chi connectivity index (χ1) is 12.1. The molecule has 0 bridgehead atoms. The van der Waals surface area contributed by atoms with E-state index in [1.54, 1.807) is 0 Å². The minimum absolute atomic E-state index is 0.242. The maximum Gasteiger partial charge on any atom is 0.235 e. The molecule has 1 heterocycles. The van der Waals surface area contributed by atoms with Crippen molar-refractivity contribution in [2.75, 3.05) is 0 Å². The van der Waals surface area contributed by atoms with E-state index in [0.29, 0.717) is 5.56 Å². The minimum atomic E-state index is -0.625. The van der Waals surface area contributed by atoms with Crippen LogP contribution in [0.3, 0.4) is 0 Å². The summed E-state index contributed by atoms with van der Waals surface area (Å²) in [7, 11) is 0. The highest BCUT2D eigenvalue weighted by atomic mass is 79.9. The molecule has 4 nitrogen and oxygen atoms in total. The maximum absolute atomic E-state index is 11.9. The average Bonchev–Trinajstić information content (AvgIpc) is 2.60. The predicted molar refractivity (Wildman–Crippen MR) is 110 cm³/mol. The standard InChI is InChI=1S/C21H30BrNO3/c1-6-7-8-9-10-21(5)11-15(17(22)20(23)25)16-14(4)18(24)12(2)13(3)19(16)26-21/h11,17,24H,6-10H2,1-5H3,(H2,23,25). The number of carbonyl (C=O) groups is 1. The molecule has 0 spiro atoms. The Morgan fingerprint density at radius 3 is 2.46 bits per heavy atom. The topological polar surface area (TPSA) is 72.6 Å². The molecule has 1 aromatic carbocycles. The summed E-state index contributed by atoms with van der Waals surface area (Å²) < 4.78 is 6.45. The lowest BCUT2D eigenvalue weighted by Crippen LogP contribution is -2.36. The Morgan fingerprint density at radius 1 is 1.23 bits per heavy atom. The van der Waals surface area contributed by atoms with Gasteiger partial charge < -0.3 is 15.6 Å². The molecular formula is C21H30BrNO3. The van der Waals surface area contributed by atoms with Crippen LogP contribution in [0.15, 0.2) is 6.08 Å². The highest BCUT2D eigenvalue weighted by molar-refractivity contribution is 9.10. The van der Waals surface area contributed by atoms with Gasteiger partial charge in [-0.2, -0.15) is 0 Å². The molecule has 1 aliphatic heterocycles. The quantitative estimate of drug-likeness (QED) is 0.474. The van der Waals surface area contributed by atoms with Gasteiger partial charge in [0.1, 0.15) is 21.9 Å². The van der Waals surface area contributed by atoms with Crippen LogP contribution in [0.4, 0.5) is 0 Å². The first-order valence-electron chi connectivity index (χ1n) is 9.31. The van der Waals surface area contributed by atoms with Gasteiger partial charge in [-0.05, 0) is 63.3 Å². The lowest BCUT2D eigenvalue weighted by atomic mass is 9.84. The number of aromatic hydroxyl groups is 1. The van der Waals surface area contributed by atoms with E-state index in [0.717, 1.165) is 47.3 Å². The second-order valence-corrected chi connectivity index (χ2v) is 8.43. The van der Waals surface area contributed by atoms with E-state index in [1.165, 1.54) is 12.8 Å². The number of unbranched alkanes of at least 4 members (excludes halogenated alkanes) is 3. The number of alkyl halides is 1. The molecule has 1 aliphatic rings. The van der Waals surface area contributed by atoms with E-state index in [4.69, 9.17) is 10.5 Å². The summed E-state index contributed by atoms with van der Waals surface area (Å²) in [4.78, 5) is 11.3. The normalized spacial score (nSPS) is 20.2. The third-order valence-electron chi connectivity index (χ3n) is 5.35. The second kappa shape index (κ2) is 8.03. The van der Waals surface area contributed by atoms with Gasteiger partial charge in [-0.25, -0.2) is 0 Å². The van der Waals surface area contributed by atoms with Crippen LogP contribution >= 0.6 is 15.9 Å². The minimum Gasteiger partial charge on any atom is -0.507 e. The molecule has 26 heavy (non-hydrogen) atoms. The zero-order chi connectivity index (χ0) is 19.6. The molecule has 1 aromatic rings. The summed E-state index contributed by atoms with van der Waals surface area (Å²) in [6.45, 7) is 9.93. The van der Waals surface area contributed by atoms with Crippen molar-refractivity contribution in [2.45, 2.75) is 77.2 Å². The molecule has 144 valence electrons. The molecule has 0 aromatic heterocycles. The number of halogens is 1. The van der Waals surface area contributed by atoms with Crippen molar-refractivity contribution >= 4 is 27.4 Å². The molecule has 5 heteroatoms. The summed E-state index contributed by atoms with van der Waals surface area (Å²) in [6.07, 6.45) is 7.48. The number of phenols is 1. The van der Waals surface area contributed by atoms with Gasteiger partial charge in [0, 0.05) is 11.1 Å². The van der Waals surface area contributed by atoms with Crippen LogP contribution in [0, 0.1) is 20.8 Å². The molecule has 0 fully saturated rings. The molecule has 2 unspecified atom stereocenters. The van der Waals surface area contributed by atoms with Gasteiger partial charge in [0.25, 0.3) is 0 Å².